The van der Waals surface area contributed by atoms with Crippen LogP contribution in [0.2, 0.25) is 0 Å². The summed E-state index contributed by atoms with van der Waals surface area (Å²) in [5.74, 6) is 0.563. The van der Waals surface area contributed by atoms with Crippen LogP contribution < -0.4 is 5.32 Å². The van der Waals surface area contributed by atoms with E-state index in [1.807, 2.05) is 12.1 Å². The van der Waals surface area contributed by atoms with Crippen LogP contribution in [0.3, 0.4) is 0 Å². The summed E-state index contributed by atoms with van der Waals surface area (Å²) in [5, 5.41) is 14.3. The van der Waals surface area contributed by atoms with E-state index in [1.54, 1.807) is 6.07 Å². The van der Waals surface area contributed by atoms with E-state index in [4.69, 9.17) is 0 Å². The maximum atomic E-state index is 10.9. The van der Waals surface area contributed by atoms with Crippen molar-refractivity contribution in [3.8, 4) is 0 Å². The number of nitro benzene ring substituents is 1. The fraction of sp³-hybridized carbons (Fsp3) is 0.250. The zero-order valence-corrected chi connectivity index (χ0v) is 12.9. The summed E-state index contributed by atoms with van der Waals surface area (Å²) in [6, 6.07) is 16.0. The number of benzene rings is 2. The standard InChI is InChI=1S/C16H15BrN2O2/c17-13-6-11(7-14(8-13)19(20)21)10-18-16-9-15(16)12-4-2-1-3-5-12/h1-8,15-16,18H,9-10H2. The molecule has 0 bridgehead atoms. The average molecular weight is 347 g/mol. The highest BCUT2D eigenvalue weighted by atomic mass is 79.9. The molecule has 2 atom stereocenters. The van der Waals surface area contributed by atoms with Crippen LogP contribution in [0.1, 0.15) is 23.5 Å². The van der Waals surface area contributed by atoms with Crippen LogP contribution in [-0.4, -0.2) is 11.0 Å². The number of rotatable bonds is 5. The van der Waals surface area contributed by atoms with Crippen molar-refractivity contribution >= 4 is 21.6 Å². The molecular weight excluding hydrogens is 332 g/mol. The summed E-state index contributed by atoms with van der Waals surface area (Å²) in [7, 11) is 0. The Bertz CT molecular complexity index is 661. The molecule has 2 unspecified atom stereocenters. The molecule has 3 rings (SSSR count). The quantitative estimate of drug-likeness (QED) is 0.657. The van der Waals surface area contributed by atoms with Gasteiger partial charge in [-0.25, -0.2) is 0 Å². The Kier molecular flexibility index (Phi) is 4.03. The predicted molar refractivity (Wildman–Crippen MR) is 85.2 cm³/mol. The predicted octanol–water partition coefficient (Wildman–Crippen LogP) is 4.00. The molecule has 108 valence electrons. The maximum Gasteiger partial charge on any atom is 0.270 e. The molecule has 2 aromatic carbocycles. The van der Waals surface area contributed by atoms with Gasteiger partial charge >= 0.3 is 0 Å². The first-order valence-electron chi connectivity index (χ1n) is 6.85. The third-order valence-electron chi connectivity index (χ3n) is 3.74. The third kappa shape index (κ3) is 3.49. The zero-order valence-electron chi connectivity index (χ0n) is 11.3. The van der Waals surface area contributed by atoms with E-state index >= 15 is 0 Å². The lowest BCUT2D eigenvalue weighted by Crippen LogP contribution is -2.17. The van der Waals surface area contributed by atoms with E-state index in [0.29, 0.717) is 18.5 Å². The lowest BCUT2D eigenvalue weighted by Gasteiger charge is -2.05. The molecule has 0 heterocycles. The Labute approximate surface area is 131 Å². The lowest BCUT2D eigenvalue weighted by atomic mass is 10.1. The molecule has 0 aliphatic heterocycles. The van der Waals surface area contributed by atoms with E-state index in [9.17, 15) is 10.1 Å². The molecule has 0 saturated heterocycles. The highest BCUT2D eigenvalue weighted by Crippen LogP contribution is 2.40. The smallest absolute Gasteiger partial charge is 0.270 e. The molecule has 1 N–H and O–H groups in total. The first-order chi connectivity index (χ1) is 10.1. The highest BCUT2D eigenvalue weighted by molar-refractivity contribution is 9.10. The van der Waals surface area contributed by atoms with Crippen LogP contribution in [0.15, 0.2) is 53.0 Å². The summed E-state index contributed by atoms with van der Waals surface area (Å²) in [4.78, 5) is 10.5. The van der Waals surface area contributed by atoms with Gasteiger partial charge in [-0.1, -0.05) is 46.3 Å². The Morgan fingerprint density at radius 1 is 1.24 bits per heavy atom. The van der Waals surface area contributed by atoms with Crippen LogP contribution in [-0.2, 0) is 6.54 Å². The van der Waals surface area contributed by atoms with Crippen LogP contribution in [0.25, 0.3) is 0 Å². The van der Waals surface area contributed by atoms with Crippen molar-refractivity contribution < 1.29 is 4.92 Å². The monoisotopic (exact) mass is 346 g/mol. The van der Waals surface area contributed by atoms with Gasteiger partial charge in [0.15, 0.2) is 0 Å². The van der Waals surface area contributed by atoms with Gasteiger partial charge in [-0.3, -0.25) is 10.1 Å². The van der Waals surface area contributed by atoms with Gasteiger partial charge in [0.05, 0.1) is 4.92 Å². The lowest BCUT2D eigenvalue weighted by molar-refractivity contribution is -0.385. The summed E-state index contributed by atoms with van der Waals surface area (Å²) in [5.41, 5.74) is 2.40. The molecule has 1 fully saturated rings. The second-order valence-corrected chi connectivity index (χ2v) is 6.23. The summed E-state index contributed by atoms with van der Waals surface area (Å²) in [6.07, 6.45) is 1.13. The largest absolute Gasteiger partial charge is 0.309 e. The van der Waals surface area contributed by atoms with Crippen molar-refractivity contribution in [1.82, 2.24) is 5.32 Å². The summed E-state index contributed by atoms with van der Waals surface area (Å²) >= 11 is 3.32. The minimum absolute atomic E-state index is 0.122. The van der Waals surface area contributed by atoms with E-state index < -0.39 is 0 Å². The van der Waals surface area contributed by atoms with Crippen LogP contribution >= 0.6 is 15.9 Å². The maximum absolute atomic E-state index is 10.9. The molecule has 1 saturated carbocycles. The summed E-state index contributed by atoms with van der Waals surface area (Å²) < 4.78 is 0.740. The molecule has 1 aliphatic carbocycles. The van der Waals surface area contributed by atoms with Gasteiger partial charge in [0.25, 0.3) is 5.69 Å². The SMILES string of the molecule is O=[N+]([O-])c1cc(Br)cc(CNC2CC2c2ccccc2)c1. The minimum atomic E-state index is -0.363. The normalized spacial score (nSPS) is 20.2. The van der Waals surface area contributed by atoms with Crippen molar-refractivity contribution in [2.75, 3.05) is 0 Å². The van der Waals surface area contributed by atoms with Crippen molar-refractivity contribution in [3.05, 3.63) is 74.2 Å². The van der Waals surface area contributed by atoms with E-state index in [1.165, 1.54) is 11.6 Å². The Morgan fingerprint density at radius 2 is 2.00 bits per heavy atom. The molecular formula is C16H15BrN2O2. The fourth-order valence-corrected chi connectivity index (χ4v) is 3.11. The first kappa shape index (κ1) is 14.2. The number of hydrogen-bond acceptors (Lipinski definition) is 3. The van der Waals surface area contributed by atoms with Crippen molar-refractivity contribution in [1.29, 1.82) is 0 Å². The molecule has 21 heavy (non-hydrogen) atoms. The van der Waals surface area contributed by atoms with Crippen molar-refractivity contribution in [2.45, 2.75) is 24.9 Å². The van der Waals surface area contributed by atoms with Gasteiger partial charge in [0.1, 0.15) is 0 Å². The number of nitro groups is 1. The second-order valence-electron chi connectivity index (χ2n) is 5.32. The first-order valence-corrected chi connectivity index (χ1v) is 7.65. The van der Waals surface area contributed by atoms with Gasteiger partial charge in [-0.15, -0.1) is 0 Å². The number of hydrogen-bond donors (Lipinski definition) is 1. The summed E-state index contributed by atoms with van der Waals surface area (Å²) in [6.45, 7) is 0.647. The van der Waals surface area contributed by atoms with Crippen molar-refractivity contribution in [2.24, 2.45) is 0 Å². The third-order valence-corrected chi connectivity index (χ3v) is 4.20. The molecule has 1 aliphatic rings. The molecule has 0 radical (unpaired) electrons. The Balaban J connectivity index is 1.61. The van der Waals surface area contributed by atoms with Gasteiger partial charge < -0.3 is 5.32 Å². The number of non-ortho nitro benzene ring substituents is 1. The minimum Gasteiger partial charge on any atom is -0.309 e. The van der Waals surface area contributed by atoms with E-state index in [2.05, 4.69) is 45.5 Å². The molecule has 0 spiro atoms. The molecule has 0 aromatic heterocycles. The van der Waals surface area contributed by atoms with Crippen LogP contribution in [0.5, 0.6) is 0 Å². The number of nitrogens with zero attached hydrogens (tertiary/aromatic N) is 1. The van der Waals surface area contributed by atoms with E-state index in [-0.39, 0.29) is 10.6 Å². The molecule has 4 nitrogen and oxygen atoms in total. The highest BCUT2D eigenvalue weighted by Gasteiger charge is 2.37. The van der Waals surface area contributed by atoms with Gasteiger partial charge in [0, 0.05) is 35.1 Å². The molecule has 5 heteroatoms. The fourth-order valence-electron chi connectivity index (χ4n) is 2.58. The number of nitrogens with one attached hydrogen (secondary N) is 1. The molecule has 2 aromatic rings. The number of halogens is 1. The zero-order chi connectivity index (χ0) is 14.8. The second kappa shape index (κ2) is 5.95. The van der Waals surface area contributed by atoms with Crippen molar-refractivity contribution in [3.63, 3.8) is 0 Å². The van der Waals surface area contributed by atoms with Crippen LogP contribution in [0, 0.1) is 10.1 Å². The van der Waals surface area contributed by atoms with Gasteiger partial charge in [-0.05, 0) is 23.6 Å². The van der Waals surface area contributed by atoms with Gasteiger partial charge in [0.2, 0.25) is 0 Å². The average Bonchev–Trinajstić information content (AvgIpc) is 3.25. The van der Waals surface area contributed by atoms with Gasteiger partial charge in [-0.2, -0.15) is 0 Å². The van der Waals surface area contributed by atoms with Crippen LogP contribution in [0.4, 0.5) is 5.69 Å². The Morgan fingerprint density at radius 3 is 2.71 bits per heavy atom. The topological polar surface area (TPSA) is 55.2 Å². The van der Waals surface area contributed by atoms with E-state index in [0.717, 1.165) is 16.5 Å². The Hall–Kier alpha value is -1.72. The molecule has 0 amide bonds.